The molecule has 1 aliphatic rings. The Morgan fingerprint density at radius 2 is 2.37 bits per heavy atom. The van der Waals surface area contributed by atoms with Gasteiger partial charge in [-0.25, -0.2) is 0 Å². The fourth-order valence-corrected chi connectivity index (χ4v) is 2.79. The lowest BCUT2D eigenvalue weighted by atomic mass is 10.0. The van der Waals surface area contributed by atoms with Crippen LogP contribution < -0.4 is 0 Å². The van der Waals surface area contributed by atoms with Gasteiger partial charge in [-0.2, -0.15) is 5.10 Å². The second-order valence-corrected chi connectivity index (χ2v) is 5.28. The third-order valence-corrected chi connectivity index (χ3v) is 3.74. The maximum atomic E-state index is 5.34. The first kappa shape index (κ1) is 12.4. The Labute approximate surface area is 113 Å². The van der Waals surface area contributed by atoms with Gasteiger partial charge in [-0.15, -0.1) is 0 Å². The van der Waals surface area contributed by atoms with Crippen molar-refractivity contribution in [3.05, 3.63) is 36.0 Å². The first-order valence-corrected chi connectivity index (χ1v) is 6.95. The van der Waals surface area contributed by atoms with E-state index in [1.54, 1.807) is 0 Å². The van der Waals surface area contributed by atoms with E-state index in [-0.39, 0.29) is 0 Å². The maximum Gasteiger partial charge on any atom is 0.150 e. The van der Waals surface area contributed by atoms with Gasteiger partial charge in [0.2, 0.25) is 0 Å². The number of hydrogen-bond donors (Lipinski definition) is 0. The van der Waals surface area contributed by atoms with Crippen LogP contribution in [0.5, 0.6) is 0 Å². The number of likely N-dealkylation sites (tertiary alicyclic amines) is 1. The topological polar surface area (TPSA) is 47.1 Å². The van der Waals surface area contributed by atoms with Crippen molar-refractivity contribution in [1.29, 1.82) is 0 Å². The van der Waals surface area contributed by atoms with Gasteiger partial charge in [0.1, 0.15) is 0 Å². The summed E-state index contributed by atoms with van der Waals surface area (Å²) in [4.78, 5) is 2.49. The molecule has 0 saturated carbocycles. The minimum absolute atomic E-state index is 0.541. The fourth-order valence-electron chi connectivity index (χ4n) is 2.79. The lowest BCUT2D eigenvalue weighted by Gasteiger charge is -2.34. The molecule has 3 heterocycles. The molecule has 5 heteroatoms. The minimum atomic E-state index is 0.541. The van der Waals surface area contributed by atoms with Gasteiger partial charge >= 0.3 is 0 Å². The van der Waals surface area contributed by atoms with E-state index in [1.807, 2.05) is 36.1 Å². The van der Waals surface area contributed by atoms with Crippen molar-refractivity contribution in [1.82, 2.24) is 19.8 Å². The molecule has 2 aromatic rings. The largest absolute Gasteiger partial charge is 0.360 e. The molecule has 2 aromatic heterocycles. The Morgan fingerprint density at radius 1 is 1.42 bits per heavy atom. The van der Waals surface area contributed by atoms with Crippen LogP contribution in [0, 0.1) is 6.92 Å². The molecule has 1 aliphatic heterocycles. The first-order chi connectivity index (χ1) is 9.31. The van der Waals surface area contributed by atoms with Crippen LogP contribution in [0.25, 0.3) is 0 Å². The zero-order valence-electron chi connectivity index (χ0n) is 11.3. The van der Waals surface area contributed by atoms with Gasteiger partial charge in [0.25, 0.3) is 0 Å². The van der Waals surface area contributed by atoms with E-state index in [0.717, 1.165) is 31.1 Å². The molecule has 0 unspecified atom stereocenters. The summed E-state index contributed by atoms with van der Waals surface area (Å²) in [6, 6.07) is 4.55. The quantitative estimate of drug-likeness (QED) is 0.845. The van der Waals surface area contributed by atoms with Gasteiger partial charge in [0.15, 0.2) is 5.76 Å². The third-order valence-electron chi connectivity index (χ3n) is 3.74. The zero-order valence-corrected chi connectivity index (χ0v) is 11.3. The summed E-state index contributed by atoms with van der Waals surface area (Å²) in [5.74, 6) is 0.963. The summed E-state index contributed by atoms with van der Waals surface area (Å²) >= 11 is 0. The summed E-state index contributed by atoms with van der Waals surface area (Å²) in [7, 11) is 0. The summed E-state index contributed by atoms with van der Waals surface area (Å²) in [5.41, 5.74) is 0.954. The van der Waals surface area contributed by atoms with Crippen molar-refractivity contribution in [3.8, 4) is 0 Å². The van der Waals surface area contributed by atoms with Gasteiger partial charge in [-0.05, 0) is 32.4 Å². The second-order valence-electron chi connectivity index (χ2n) is 5.28. The van der Waals surface area contributed by atoms with Gasteiger partial charge < -0.3 is 4.52 Å². The SMILES string of the molecule is Cc1cc(CN2CCCC[C@H]2Cn2cccn2)on1. The van der Waals surface area contributed by atoms with E-state index in [4.69, 9.17) is 4.52 Å². The second kappa shape index (κ2) is 5.57. The molecule has 19 heavy (non-hydrogen) atoms. The van der Waals surface area contributed by atoms with Crippen LogP contribution in [0.2, 0.25) is 0 Å². The smallest absolute Gasteiger partial charge is 0.150 e. The molecule has 0 N–H and O–H groups in total. The highest BCUT2D eigenvalue weighted by Crippen LogP contribution is 2.21. The third kappa shape index (κ3) is 3.04. The van der Waals surface area contributed by atoms with E-state index < -0.39 is 0 Å². The summed E-state index contributed by atoms with van der Waals surface area (Å²) < 4.78 is 7.36. The van der Waals surface area contributed by atoms with Crippen LogP contribution in [0.1, 0.15) is 30.7 Å². The number of nitrogens with zero attached hydrogens (tertiary/aromatic N) is 4. The van der Waals surface area contributed by atoms with Crippen molar-refractivity contribution < 1.29 is 4.52 Å². The summed E-state index contributed by atoms with van der Waals surface area (Å²) in [6.45, 7) is 4.91. The van der Waals surface area contributed by atoms with Crippen LogP contribution in [0.4, 0.5) is 0 Å². The molecule has 1 saturated heterocycles. The monoisotopic (exact) mass is 260 g/mol. The molecular weight excluding hydrogens is 240 g/mol. The molecule has 5 nitrogen and oxygen atoms in total. The number of piperidine rings is 1. The van der Waals surface area contributed by atoms with Crippen LogP contribution >= 0.6 is 0 Å². The van der Waals surface area contributed by atoms with E-state index >= 15 is 0 Å². The number of aryl methyl sites for hydroxylation is 1. The predicted octanol–water partition coefficient (Wildman–Crippen LogP) is 2.23. The Morgan fingerprint density at radius 3 is 3.11 bits per heavy atom. The highest BCUT2D eigenvalue weighted by atomic mass is 16.5. The molecular formula is C14H20N4O. The molecule has 0 aromatic carbocycles. The van der Waals surface area contributed by atoms with Crippen molar-refractivity contribution >= 4 is 0 Å². The van der Waals surface area contributed by atoms with E-state index in [2.05, 4.69) is 15.2 Å². The van der Waals surface area contributed by atoms with Crippen molar-refractivity contribution in [3.63, 3.8) is 0 Å². The highest BCUT2D eigenvalue weighted by molar-refractivity contribution is 5.03. The average Bonchev–Trinajstić information content (AvgIpc) is 3.04. The Kier molecular flexibility index (Phi) is 3.64. The molecule has 1 fully saturated rings. The van der Waals surface area contributed by atoms with Crippen LogP contribution in [-0.2, 0) is 13.1 Å². The average molecular weight is 260 g/mol. The first-order valence-electron chi connectivity index (χ1n) is 6.95. The summed E-state index contributed by atoms with van der Waals surface area (Å²) in [6.07, 6.45) is 7.67. The molecule has 1 atom stereocenters. The molecule has 0 spiro atoms. The van der Waals surface area contributed by atoms with Gasteiger partial charge in [-0.3, -0.25) is 9.58 Å². The lowest BCUT2D eigenvalue weighted by molar-refractivity contribution is 0.110. The molecule has 102 valence electrons. The van der Waals surface area contributed by atoms with Gasteiger partial charge in [0.05, 0.1) is 18.8 Å². The van der Waals surface area contributed by atoms with Crippen LogP contribution in [-0.4, -0.2) is 32.4 Å². The summed E-state index contributed by atoms with van der Waals surface area (Å²) in [5, 5.41) is 8.27. The molecule has 0 aliphatic carbocycles. The van der Waals surface area contributed by atoms with E-state index in [0.29, 0.717) is 6.04 Å². The number of hydrogen-bond acceptors (Lipinski definition) is 4. The molecule has 0 bridgehead atoms. The Hall–Kier alpha value is -1.62. The Bertz CT molecular complexity index is 505. The van der Waals surface area contributed by atoms with Crippen molar-refractivity contribution in [2.75, 3.05) is 6.54 Å². The molecule has 0 amide bonds. The fraction of sp³-hybridized carbons (Fsp3) is 0.571. The van der Waals surface area contributed by atoms with Crippen LogP contribution in [0.15, 0.2) is 29.0 Å². The van der Waals surface area contributed by atoms with E-state index in [9.17, 15) is 0 Å². The number of aromatic nitrogens is 3. The van der Waals surface area contributed by atoms with Crippen LogP contribution in [0.3, 0.4) is 0 Å². The van der Waals surface area contributed by atoms with Crippen molar-refractivity contribution in [2.45, 2.75) is 45.3 Å². The van der Waals surface area contributed by atoms with Gasteiger partial charge in [0, 0.05) is 24.5 Å². The molecule has 3 rings (SSSR count). The Balaban J connectivity index is 1.66. The highest BCUT2D eigenvalue weighted by Gasteiger charge is 2.24. The normalized spacial score (nSPS) is 20.8. The van der Waals surface area contributed by atoms with Gasteiger partial charge in [-0.1, -0.05) is 11.6 Å². The van der Waals surface area contributed by atoms with E-state index in [1.165, 1.54) is 19.3 Å². The molecule has 0 radical (unpaired) electrons. The number of rotatable bonds is 4. The maximum absolute atomic E-state index is 5.34. The minimum Gasteiger partial charge on any atom is -0.360 e. The lowest BCUT2D eigenvalue weighted by Crippen LogP contribution is -2.41. The zero-order chi connectivity index (χ0) is 13.1. The standard InChI is InChI=1S/C14H20N4O/c1-12-9-14(19-16-12)11-17-7-3-2-5-13(17)10-18-8-4-6-15-18/h4,6,8-9,13H,2-3,5,7,10-11H2,1H3/t13-/m0/s1. The van der Waals surface area contributed by atoms with Crippen molar-refractivity contribution in [2.24, 2.45) is 0 Å². The predicted molar refractivity (Wildman–Crippen MR) is 71.5 cm³/mol.